The highest BCUT2D eigenvalue weighted by atomic mass is 32.2. The summed E-state index contributed by atoms with van der Waals surface area (Å²) in [6, 6.07) is 0.449. The second-order valence-electron chi connectivity index (χ2n) is 6.33. The van der Waals surface area contributed by atoms with E-state index in [4.69, 9.17) is 0 Å². The Morgan fingerprint density at radius 2 is 1.96 bits per heavy atom. The van der Waals surface area contributed by atoms with Crippen LogP contribution >= 0.6 is 0 Å². The standard InChI is InChI=1S/C15H31N5O2S/c1-3-8-19-10-5-14(6-11-19)18-15(16-2)17-7-12-20-9-4-13-23(20,21)22/h14H,3-13H2,1-2H3,(H2,16,17,18). The summed E-state index contributed by atoms with van der Waals surface area (Å²) in [5.74, 6) is 1.06. The molecule has 0 aliphatic carbocycles. The van der Waals surface area contributed by atoms with Crippen molar-refractivity contribution < 1.29 is 8.42 Å². The van der Waals surface area contributed by atoms with Crippen molar-refractivity contribution in [3.63, 3.8) is 0 Å². The first-order valence-corrected chi connectivity index (χ1v) is 10.3. The molecule has 0 amide bonds. The summed E-state index contributed by atoms with van der Waals surface area (Å²) in [5.41, 5.74) is 0. The fourth-order valence-corrected chi connectivity index (χ4v) is 4.78. The van der Waals surface area contributed by atoms with Gasteiger partial charge in [-0.15, -0.1) is 0 Å². The molecule has 23 heavy (non-hydrogen) atoms. The predicted octanol–water partition coefficient (Wildman–Crippen LogP) is 0.0613. The largest absolute Gasteiger partial charge is 0.355 e. The first kappa shape index (κ1) is 18.5. The third kappa shape index (κ3) is 5.61. The zero-order valence-electron chi connectivity index (χ0n) is 14.4. The van der Waals surface area contributed by atoms with Crippen molar-refractivity contribution in [1.82, 2.24) is 19.8 Å². The maximum atomic E-state index is 11.8. The molecule has 0 radical (unpaired) electrons. The van der Waals surface area contributed by atoms with E-state index in [-0.39, 0.29) is 5.75 Å². The maximum Gasteiger partial charge on any atom is 0.214 e. The number of hydrogen-bond donors (Lipinski definition) is 2. The van der Waals surface area contributed by atoms with Gasteiger partial charge in [0.25, 0.3) is 0 Å². The van der Waals surface area contributed by atoms with E-state index in [2.05, 4.69) is 27.4 Å². The average molecular weight is 346 g/mol. The molecule has 0 spiro atoms. The Hall–Kier alpha value is -0.860. The van der Waals surface area contributed by atoms with E-state index in [1.54, 1.807) is 11.4 Å². The summed E-state index contributed by atoms with van der Waals surface area (Å²) in [6.45, 7) is 7.42. The Morgan fingerprint density at radius 1 is 1.22 bits per heavy atom. The van der Waals surface area contributed by atoms with Crippen molar-refractivity contribution in [2.24, 2.45) is 4.99 Å². The second-order valence-corrected chi connectivity index (χ2v) is 8.42. The third-order valence-electron chi connectivity index (χ3n) is 4.55. The topological polar surface area (TPSA) is 77.0 Å². The Morgan fingerprint density at radius 3 is 2.52 bits per heavy atom. The van der Waals surface area contributed by atoms with Gasteiger partial charge in [0, 0.05) is 45.8 Å². The lowest BCUT2D eigenvalue weighted by Crippen LogP contribution is -2.49. The summed E-state index contributed by atoms with van der Waals surface area (Å²) in [5, 5.41) is 6.70. The lowest BCUT2D eigenvalue weighted by molar-refractivity contribution is 0.206. The van der Waals surface area contributed by atoms with E-state index >= 15 is 0 Å². The normalized spacial score (nSPS) is 24.0. The van der Waals surface area contributed by atoms with E-state index in [0.717, 1.165) is 38.3 Å². The van der Waals surface area contributed by atoms with Crippen LogP contribution < -0.4 is 10.6 Å². The number of aliphatic imine (C=N–C) groups is 1. The van der Waals surface area contributed by atoms with Gasteiger partial charge in [0.05, 0.1) is 5.75 Å². The van der Waals surface area contributed by atoms with E-state index in [1.165, 1.54) is 13.0 Å². The molecule has 2 heterocycles. The van der Waals surface area contributed by atoms with Gasteiger partial charge in [-0.05, 0) is 32.2 Å². The number of likely N-dealkylation sites (tertiary alicyclic amines) is 1. The SMILES string of the molecule is CCCN1CCC(NC(=NC)NCCN2CCCS2(=O)=O)CC1. The van der Waals surface area contributed by atoms with Crippen LogP contribution in [0.4, 0.5) is 0 Å². The van der Waals surface area contributed by atoms with Crippen molar-refractivity contribution in [2.45, 2.75) is 38.6 Å². The van der Waals surface area contributed by atoms with Gasteiger partial charge < -0.3 is 15.5 Å². The minimum Gasteiger partial charge on any atom is -0.355 e. The molecule has 2 aliphatic rings. The van der Waals surface area contributed by atoms with Gasteiger partial charge in [-0.3, -0.25) is 4.99 Å². The van der Waals surface area contributed by atoms with Crippen LogP contribution in [0.5, 0.6) is 0 Å². The van der Waals surface area contributed by atoms with Crippen LogP contribution in [-0.2, 0) is 10.0 Å². The minimum atomic E-state index is -3.00. The van der Waals surface area contributed by atoms with Crippen molar-refractivity contribution in [1.29, 1.82) is 0 Å². The molecule has 0 saturated carbocycles. The quantitative estimate of drug-likeness (QED) is 0.526. The third-order valence-corrected chi connectivity index (χ3v) is 6.51. The molecule has 2 fully saturated rings. The van der Waals surface area contributed by atoms with Gasteiger partial charge in [-0.2, -0.15) is 0 Å². The number of guanidine groups is 1. The fourth-order valence-electron chi connectivity index (χ4n) is 3.25. The molecule has 0 aromatic heterocycles. The van der Waals surface area contributed by atoms with Gasteiger partial charge in [-0.25, -0.2) is 12.7 Å². The first-order chi connectivity index (χ1) is 11.0. The summed E-state index contributed by atoms with van der Waals surface area (Å²) in [4.78, 5) is 6.76. The van der Waals surface area contributed by atoms with Gasteiger partial charge in [0.2, 0.25) is 10.0 Å². The van der Waals surface area contributed by atoms with Crippen molar-refractivity contribution in [3.05, 3.63) is 0 Å². The Balaban J connectivity index is 1.68. The van der Waals surface area contributed by atoms with Crippen molar-refractivity contribution in [2.75, 3.05) is 52.1 Å². The monoisotopic (exact) mass is 345 g/mol. The highest BCUT2D eigenvalue weighted by molar-refractivity contribution is 7.89. The van der Waals surface area contributed by atoms with Crippen LogP contribution in [0.2, 0.25) is 0 Å². The molecular formula is C15H31N5O2S. The average Bonchev–Trinajstić information content (AvgIpc) is 2.87. The Labute approximate surface area is 140 Å². The summed E-state index contributed by atoms with van der Waals surface area (Å²) in [7, 11) is -1.24. The van der Waals surface area contributed by atoms with E-state index in [0.29, 0.717) is 25.7 Å². The number of hydrogen-bond acceptors (Lipinski definition) is 4. The Kier molecular flexibility index (Phi) is 7.10. The smallest absolute Gasteiger partial charge is 0.214 e. The number of nitrogens with one attached hydrogen (secondary N) is 2. The van der Waals surface area contributed by atoms with Crippen molar-refractivity contribution >= 4 is 16.0 Å². The van der Waals surface area contributed by atoms with Crippen molar-refractivity contribution in [3.8, 4) is 0 Å². The van der Waals surface area contributed by atoms with E-state index in [1.807, 2.05) is 0 Å². The van der Waals surface area contributed by atoms with Gasteiger partial charge in [-0.1, -0.05) is 6.92 Å². The first-order valence-electron chi connectivity index (χ1n) is 8.72. The number of nitrogens with zero attached hydrogens (tertiary/aromatic N) is 3. The zero-order chi connectivity index (χ0) is 16.7. The molecule has 0 bridgehead atoms. The van der Waals surface area contributed by atoms with Gasteiger partial charge in [0.15, 0.2) is 5.96 Å². The lowest BCUT2D eigenvalue weighted by Gasteiger charge is -2.32. The molecule has 0 aromatic carbocycles. The zero-order valence-corrected chi connectivity index (χ0v) is 15.2. The van der Waals surface area contributed by atoms with Gasteiger partial charge in [0.1, 0.15) is 0 Å². The van der Waals surface area contributed by atoms with E-state index in [9.17, 15) is 8.42 Å². The summed E-state index contributed by atoms with van der Waals surface area (Å²) in [6.07, 6.45) is 4.20. The van der Waals surface area contributed by atoms with Crippen LogP contribution in [0, 0.1) is 0 Å². The van der Waals surface area contributed by atoms with Crippen LogP contribution in [0.15, 0.2) is 4.99 Å². The molecule has 134 valence electrons. The molecule has 2 aliphatic heterocycles. The minimum absolute atomic E-state index is 0.288. The Bertz CT molecular complexity index is 486. The highest BCUT2D eigenvalue weighted by Gasteiger charge is 2.27. The molecule has 2 rings (SSSR count). The summed E-state index contributed by atoms with van der Waals surface area (Å²) >= 11 is 0. The van der Waals surface area contributed by atoms with Crippen LogP contribution in [0.25, 0.3) is 0 Å². The summed E-state index contributed by atoms with van der Waals surface area (Å²) < 4.78 is 25.1. The molecule has 0 aromatic rings. The number of piperidine rings is 1. The molecule has 7 nitrogen and oxygen atoms in total. The lowest BCUT2D eigenvalue weighted by atomic mass is 10.1. The van der Waals surface area contributed by atoms with Crippen LogP contribution in [0.1, 0.15) is 32.6 Å². The fraction of sp³-hybridized carbons (Fsp3) is 0.933. The molecule has 0 unspecified atom stereocenters. The molecular weight excluding hydrogens is 314 g/mol. The predicted molar refractivity (Wildman–Crippen MR) is 94.2 cm³/mol. The van der Waals surface area contributed by atoms with Crippen LogP contribution in [-0.4, -0.2) is 81.7 Å². The second kappa shape index (κ2) is 8.84. The van der Waals surface area contributed by atoms with Gasteiger partial charge >= 0.3 is 0 Å². The molecule has 2 saturated heterocycles. The van der Waals surface area contributed by atoms with E-state index < -0.39 is 10.0 Å². The molecule has 0 atom stereocenters. The molecule has 2 N–H and O–H groups in total. The highest BCUT2D eigenvalue weighted by Crippen LogP contribution is 2.12. The molecule has 8 heteroatoms. The number of rotatable bonds is 6. The number of sulfonamides is 1. The van der Waals surface area contributed by atoms with Crippen LogP contribution in [0.3, 0.4) is 0 Å². The maximum absolute atomic E-state index is 11.8.